The van der Waals surface area contributed by atoms with Crippen LogP contribution in [0.4, 0.5) is 0 Å². The Morgan fingerprint density at radius 1 is 1.36 bits per heavy atom. The second-order valence-electron chi connectivity index (χ2n) is 5.94. The van der Waals surface area contributed by atoms with Crippen LogP contribution in [-0.2, 0) is 4.74 Å². The largest absolute Gasteiger partial charge is 0.472 e. The molecule has 2 aromatic heterocycles. The summed E-state index contributed by atoms with van der Waals surface area (Å²) in [7, 11) is 3.76. The Labute approximate surface area is 149 Å². The van der Waals surface area contributed by atoms with Crippen molar-refractivity contribution in [2.75, 3.05) is 33.9 Å². The molecule has 0 N–H and O–H groups in total. The Morgan fingerprint density at radius 3 is 2.80 bits per heavy atom. The lowest BCUT2D eigenvalue weighted by atomic mass is 10.2. The molecule has 0 aliphatic carbocycles. The Kier molecular flexibility index (Phi) is 7.56. The van der Waals surface area contributed by atoms with E-state index in [9.17, 15) is 0 Å². The maximum atomic E-state index is 6.04. The number of hydrogen-bond donors (Lipinski definition) is 0. The molecule has 0 saturated heterocycles. The van der Waals surface area contributed by atoms with E-state index in [0.29, 0.717) is 12.5 Å². The molecule has 7 heteroatoms. The van der Waals surface area contributed by atoms with Gasteiger partial charge in [0.05, 0.1) is 6.61 Å². The van der Waals surface area contributed by atoms with Gasteiger partial charge in [-0.05, 0) is 32.9 Å². The summed E-state index contributed by atoms with van der Waals surface area (Å²) in [6.45, 7) is 8.06. The first kappa shape index (κ1) is 19.1. The molecule has 0 amide bonds. The second-order valence-corrected chi connectivity index (χ2v) is 5.94. The van der Waals surface area contributed by atoms with Crippen LogP contribution in [0, 0.1) is 6.92 Å². The van der Waals surface area contributed by atoms with Crippen LogP contribution < -0.4 is 4.74 Å². The Morgan fingerprint density at radius 2 is 2.20 bits per heavy atom. The molecule has 0 bridgehead atoms. The number of aryl methyl sites for hydroxylation is 1. The van der Waals surface area contributed by atoms with Gasteiger partial charge in [-0.3, -0.25) is 4.57 Å². The molecule has 0 fully saturated rings. The lowest BCUT2D eigenvalue weighted by Crippen LogP contribution is -2.35. The first-order valence-electron chi connectivity index (χ1n) is 8.43. The van der Waals surface area contributed by atoms with E-state index < -0.39 is 0 Å². The molecular formula is C18H27N5O2. The molecule has 2 rings (SSSR count). The first-order valence-corrected chi connectivity index (χ1v) is 8.43. The minimum Gasteiger partial charge on any atom is -0.472 e. The maximum absolute atomic E-state index is 6.04. The third-order valence-corrected chi connectivity index (χ3v) is 3.87. The topological polar surface area (TPSA) is 65.3 Å². The quantitative estimate of drug-likeness (QED) is 0.582. The standard InChI is InChI=1S/C18H27N5O2/c1-5-6-7-16(14-22(3)12-13-24-4)25-18-9-8-17(20-21-18)23-11-10-19-15(23)2/h5,8-11,16H,1,6-7,12-14H2,2-4H3/t16-/m1/s1. The highest BCUT2D eigenvalue weighted by Crippen LogP contribution is 2.14. The van der Waals surface area contributed by atoms with Crippen LogP contribution in [-0.4, -0.2) is 64.6 Å². The number of rotatable bonds is 11. The van der Waals surface area contributed by atoms with E-state index in [-0.39, 0.29) is 6.10 Å². The van der Waals surface area contributed by atoms with Gasteiger partial charge in [-0.2, -0.15) is 0 Å². The van der Waals surface area contributed by atoms with E-state index in [4.69, 9.17) is 9.47 Å². The Bertz CT molecular complexity index is 641. The first-order chi connectivity index (χ1) is 12.1. The van der Waals surface area contributed by atoms with Crippen molar-refractivity contribution < 1.29 is 9.47 Å². The van der Waals surface area contributed by atoms with E-state index in [2.05, 4.69) is 33.7 Å². The summed E-state index contributed by atoms with van der Waals surface area (Å²) in [6.07, 6.45) is 7.30. The predicted molar refractivity (Wildman–Crippen MR) is 97.1 cm³/mol. The van der Waals surface area contributed by atoms with Gasteiger partial charge in [0.15, 0.2) is 5.82 Å². The Hall–Kier alpha value is -2.25. The van der Waals surface area contributed by atoms with Crippen LogP contribution in [0.15, 0.2) is 37.2 Å². The molecule has 1 atom stereocenters. The minimum atomic E-state index is 0.0231. The van der Waals surface area contributed by atoms with Crippen LogP contribution in [0.3, 0.4) is 0 Å². The third kappa shape index (κ3) is 5.95. The van der Waals surface area contributed by atoms with E-state index in [0.717, 1.165) is 37.6 Å². The zero-order valence-electron chi connectivity index (χ0n) is 15.3. The molecule has 2 heterocycles. The van der Waals surface area contributed by atoms with Crippen molar-refractivity contribution >= 4 is 0 Å². The van der Waals surface area contributed by atoms with Gasteiger partial charge in [0, 0.05) is 38.7 Å². The van der Waals surface area contributed by atoms with Crippen LogP contribution in [0.1, 0.15) is 18.7 Å². The van der Waals surface area contributed by atoms with Crippen molar-refractivity contribution in [1.82, 2.24) is 24.6 Å². The molecule has 0 aromatic carbocycles. The molecule has 0 spiro atoms. The highest BCUT2D eigenvalue weighted by molar-refractivity contribution is 5.25. The number of methoxy groups -OCH3 is 1. The van der Waals surface area contributed by atoms with Crippen molar-refractivity contribution in [3.63, 3.8) is 0 Å². The van der Waals surface area contributed by atoms with Gasteiger partial charge in [0.1, 0.15) is 11.9 Å². The van der Waals surface area contributed by atoms with E-state index in [1.165, 1.54) is 0 Å². The number of hydrogen-bond acceptors (Lipinski definition) is 6. The molecule has 2 aromatic rings. The van der Waals surface area contributed by atoms with Crippen LogP contribution in [0.2, 0.25) is 0 Å². The predicted octanol–water partition coefficient (Wildman–Crippen LogP) is 2.26. The summed E-state index contributed by atoms with van der Waals surface area (Å²) >= 11 is 0. The second kappa shape index (κ2) is 9.90. The molecule has 0 aliphatic heterocycles. The molecular weight excluding hydrogens is 318 g/mol. The monoisotopic (exact) mass is 345 g/mol. The van der Waals surface area contributed by atoms with Crippen LogP contribution in [0.5, 0.6) is 5.88 Å². The van der Waals surface area contributed by atoms with Crippen molar-refractivity contribution in [3.05, 3.63) is 43.0 Å². The van der Waals surface area contributed by atoms with Gasteiger partial charge >= 0.3 is 0 Å². The number of aromatic nitrogens is 4. The highest BCUT2D eigenvalue weighted by atomic mass is 16.5. The fourth-order valence-corrected chi connectivity index (χ4v) is 2.47. The minimum absolute atomic E-state index is 0.0231. The average Bonchev–Trinajstić information content (AvgIpc) is 3.04. The number of ether oxygens (including phenoxy) is 2. The molecule has 7 nitrogen and oxygen atoms in total. The number of likely N-dealkylation sites (N-methyl/N-ethyl adjacent to an activating group) is 1. The summed E-state index contributed by atoms with van der Waals surface area (Å²) < 4.78 is 13.0. The fraction of sp³-hybridized carbons (Fsp3) is 0.500. The van der Waals surface area contributed by atoms with Crippen LogP contribution in [0.25, 0.3) is 5.82 Å². The molecule has 0 radical (unpaired) electrons. The van der Waals surface area contributed by atoms with E-state index in [1.807, 2.05) is 35.9 Å². The van der Waals surface area contributed by atoms with Gasteiger partial charge < -0.3 is 14.4 Å². The molecule has 0 unspecified atom stereocenters. The third-order valence-electron chi connectivity index (χ3n) is 3.87. The summed E-state index contributed by atoms with van der Waals surface area (Å²) in [5.74, 6) is 2.12. The zero-order valence-corrected chi connectivity index (χ0v) is 15.3. The van der Waals surface area contributed by atoms with Gasteiger partial charge in [-0.25, -0.2) is 4.98 Å². The summed E-state index contributed by atoms with van der Waals surface area (Å²) in [6, 6.07) is 3.73. The van der Waals surface area contributed by atoms with Crippen molar-refractivity contribution in [2.24, 2.45) is 0 Å². The van der Waals surface area contributed by atoms with Gasteiger partial charge in [-0.1, -0.05) is 6.08 Å². The maximum Gasteiger partial charge on any atom is 0.233 e. The molecule has 136 valence electrons. The van der Waals surface area contributed by atoms with E-state index in [1.54, 1.807) is 13.3 Å². The number of allylic oxidation sites excluding steroid dienone is 1. The van der Waals surface area contributed by atoms with Gasteiger partial charge in [0.25, 0.3) is 0 Å². The van der Waals surface area contributed by atoms with Gasteiger partial charge in [-0.15, -0.1) is 16.8 Å². The summed E-state index contributed by atoms with van der Waals surface area (Å²) in [5, 5.41) is 8.44. The zero-order chi connectivity index (χ0) is 18.1. The molecule has 0 aliphatic rings. The van der Waals surface area contributed by atoms with Crippen molar-refractivity contribution in [3.8, 4) is 11.7 Å². The molecule has 0 saturated carbocycles. The lowest BCUT2D eigenvalue weighted by molar-refractivity contribution is 0.109. The SMILES string of the molecule is C=CCC[C@H](CN(C)CCOC)Oc1ccc(-n2ccnc2C)nn1. The number of nitrogens with zero attached hydrogens (tertiary/aromatic N) is 5. The Balaban J connectivity index is 1.99. The highest BCUT2D eigenvalue weighted by Gasteiger charge is 2.14. The van der Waals surface area contributed by atoms with Gasteiger partial charge in [0.2, 0.25) is 5.88 Å². The molecule has 25 heavy (non-hydrogen) atoms. The number of imidazole rings is 1. The summed E-state index contributed by atoms with van der Waals surface area (Å²) in [4.78, 5) is 6.38. The fourth-order valence-electron chi connectivity index (χ4n) is 2.47. The van der Waals surface area contributed by atoms with Crippen molar-refractivity contribution in [1.29, 1.82) is 0 Å². The average molecular weight is 345 g/mol. The van der Waals surface area contributed by atoms with Crippen molar-refractivity contribution in [2.45, 2.75) is 25.9 Å². The lowest BCUT2D eigenvalue weighted by Gasteiger charge is -2.24. The normalized spacial score (nSPS) is 12.3. The smallest absolute Gasteiger partial charge is 0.233 e. The van der Waals surface area contributed by atoms with E-state index >= 15 is 0 Å². The van der Waals surface area contributed by atoms with Crippen LogP contribution >= 0.6 is 0 Å². The summed E-state index contributed by atoms with van der Waals surface area (Å²) in [5.41, 5.74) is 0.